The molecule has 0 spiro atoms. The summed E-state index contributed by atoms with van der Waals surface area (Å²) in [7, 11) is 0. The fourth-order valence-electron chi connectivity index (χ4n) is 9.28. The van der Waals surface area contributed by atoms with E-state index in [-0.39, 0.29) is 5.41 Å². The summed E-state index contributed by atoms with van der Waals surface area (Å²) in [6.45, 7) is 4.80. The summed E-state index contributed by atoms with van der Waals surface area (Å²) < 4.78 is 2.73. The fraction of sp³-hybridized carbons (Fsp3) is 0.0588. The topological polar surface area (TPSA) is 0 Å². The third-order valence-corrected chi connectivity index (χ3v) is 12.8. The molecule has 0 saturated carbocycles. The standard InChI is InChI=1S/C51H34S/c1-51(2)44-29-28-42-37-26-25-35(30-45(37)52-50(42)48(44)43-27-24-33-14-6-7-15-36(33)49(43)51)47-40-18-10-8-16-38(40)46(39-17-9-11-19-41(39)47)34-22-20-32(21-23-34)31-12-4-3-5-13-31/h3-30H,1-2H3. The molecule has 1 aliphatic carbocycles. The highest BCUT2D eigenvalue weighted by atomic mass is 32.1. The molecule has 0 saturated heterocycles. The number of hydrogen-bond donors (Lipinski definition) is 0. The molecule has 0 fully saturated rings. The average Bonchev–Trinajstić information content (AvgIpc) is 3.68. The minimum atomic E-state index is -0.0670. The molecular weight excluding hydrogens is 645 g/mol. The van der Waals surface area contributed by atoms with Gasteiger partial charge in [-0.15, -0.1) is 11.3 Å². The number of rotatable bonds is 3. The number of fused-ring (bicyclic) bond motifs is 11. The molecule has 1 heterocycles. The summed E-state index contributed by atoms with van der Waals surface area (Å²) in [5, 5.41) is 10.5. The van der Waals surface area contributed by atoms with Gasteiger partial charge in [-0.25, -0.2) is 0 Å². The van der Waals surface area contributed by atoms with E-state index in [1.165, 1.54) is 108 Å². The quantitative estimate of drug-likeness (QED) is 0.163. The van der Waals surface area contributed by atoms with Crippen molar-refractivity contribution in [3.8, 4) is 44.5 Å². The van der Waals surface area contributed by atoms with Crippen molar-refractivity contribution in [2.75, 3.05) is 0 Å². The molecule has 0 atom stereocenters. The van der Waals surface area contributed by atoms with Gasteiger partial charge in [0.15, 0.2) is 0 Å². The molecule has 9 aromatic carbocycles. The molecule has 11 rings (SSSR count). The Morgan fingerprint density at radius 2 is 0.923 bits per heavy atom. The minimum Gasteiger partial charge on any atom is -0.134 e. The molecule has 52 heavy (non-hydrogen) atoms. The van der Waals surface area contributed by atoms with Crippen molar-refractivity contribution in [2.24, 2.45) is 0 Å². The van der Waals surface area contributed by atoms with Crippen molar-refractivity contribution in [1.82, 2.24) is 0 Å². The molecule has 244 valence electrons. The van der Waals surface area contributed by atoms with Crippen molar-refractivity contribution in [3.05, 3.63) is 181 Å². The van der Waals surface area contributed by atoms with Gasteiger partial charge >= 0.3 is 0 Å². The lowest BCUT2D eigenvalue weighted by Crippen LogP contribution is -2.15. The SMILES string of the molecule is CC1(C)c2ccc3c(sc4cc(-c5c6ccccc6c(-c6ccc(-c7ccccc7)cc6)c6ccccc56)ccc43)c2-c2ccc3ccccc3c21. The maximum Gasteiger partial charge on any atom is 0.0437 e. The Balaban J connectivity index is 1.12. The van der Waals surface area contributed by atoms with Crippen LogP contribution in [0, 0.1) is 0 Å². The van der Waals surface area contributed by atoms with Crippen LogP contribution in [-0.4, -0.2) is 0 Å². The van der Waals surface area contributed by atoms with Gasteiger partial charge in [0.25, 0.3) is 0 Å². The first kappa shape index (κ1) is 29.7. The largest absolute Gasteiger partial charge is 0.134 e. The van der Waals surface area contributed by atoms with Gasteiger partial charge in [-0.2, -0.15) is 0 Å². The van der Waals surface area contributed by atoms with Crippen molar-refractivity contribution >= 4 is 63.8 Å². The first-order chi connectivity index (χ1) is 25.6. The van der Waals surface area contributed by atoms with E-state index in [0.29, 0.717) is 0 Å². The molecular formula is C51H34S. The molecule has 0 bridgehead atoms. The smallest absolute Gasteiger partial charge is 0.0437 e. The number of thiophene rings is 1. The van der Waals surface area contributed by atoms with E-state index in [4.69, 9.17) is 0 Å². The normalized spacial score (nSPS) is 13.3. The van der Waals surface area contributed by atoms with Crippen LogP contribution >= 0.6 is 11.3 Å². The van der Waals surface area contributed by atoms with Crippen molar-refractivity contribution in [2.45, 2.75) is 19.3 Å². The fourth-order valence-corrected chi connectivity index (χ4v) is 10.6. The lowest BCUT2D eigenvalue weighted by atomic mass is 9.80. The Kier molecular flexibility index (Phi) is 6.27. The van der Waals surface area contributed by atoms with Gasteiger partial charge in [0.05, 0.1) is 0 Å². The predicted octanol–water partition coefficient (Wildman–Crippen LogP) is 14.8. The third kappa shape index (κ3) is 4.15. The van der Waals surface area contributed by atoms with E-state index in [1.807, 2.05) is 11.3 Å². The first-order valence-corrected chi connectivity index (χ1v) is 19.0. The number of hydrogen-bond acceptors (Lipinski definition) is 1. The zero-order chi connectivity index (χ0) is 34.6. The summed E-state index contributed by atoms with van der Waals surface area (Å²) in [5.41, 5.74) is 13.2. The van der Waals surface area contributed by atoms with Crippen LogP contribution in [0.5, 0.6) is 0 Å². The summed E-state index contributed by atoms with van der Waals surface area (Å²) >= 11 is 1.96. The third-order valence-electron chi connectivity index (χ3n) is 11.6. The summed E-state index contributed by atoms with van der Waals surface area (Å²) in [6.07, 6.45) is 0. The van der Waals surface area contributed by atoms with Crippen LogP contribution in [0.1, 0.15) is 25.0 Å². The molecule has 0 unspecified atom stereocenters. The Morgan fingerprint density at radius 1 is 0.385 bits per heavy atom. The second-order valence-electron chi connectivity index (χ2n) is 14.8. The van der Waals surface area contributed by atoms with Gasteiger partial charge < -0.3 is 0 Å². The molecule has 10 aromatic rings. The summed E-state index contributed by atoms with van der Waals surface area (Å²) in [4.78, 5) is 0. The highest BCUT2D eigenvalue weighted by Crippen LogP contribution is 2.56. The monoisotopic (exact) mass is 678 g/mol. The van der Waals surface area contributed by atoms with Crippen LogP contribution in [0.15, 0.2) is 170 Å². The average molecular weight is 679 g/mol. The molecule has 1 heteroatoms. The van der Waals surface area contributed by atoms with E-state index >= 15 is 0 Å². The maximum atomic E-state index is 2.45. The first-order valence-electron chi connectivity index (χ1n) is 18.2. The molecule has 1 aliphatic rings. The van der Waals surface area contributed by atoms with E-state index in [0.717, 1.165) is 0 Å². The Labute approximate surface area is 307 Å². The van der Waals surface area contributed by atoms with E-state index in [2.05, 4.69) is 184 Å². The van der Waals surface area contributed by atoms with Gasteiger partial charge in [-0.05, 0) is 88.5 Å². The molecule has 0 nitrogen and oxygen atoms in total. The van der Waals surface area contributed by atoms with E-state index in [9.17, 15) is 0 Å². The predicted molar refractivity (Wildman–Crippen MR) is 226 cm³/mol. The van der Waals surface area contributed by atoms with Gasteiger partial charge in [0.2, 0.25) is 0 Å². The van der Waals surface area contributed by atoms with Crippen LogP contribution in [0.2, 0.25) is 0 Å². The highest BCUT2D eigenvalue weighted by molar-refractivity contribution is 7.26. The van der Waals surface area contributed by atoms with Crippen molar-refractivity contribution in [1.29, 1.82) is 0 Å². The van der Waals surface area contributed by atoms with Crippen LogP contribution in [0.25, 0.3) is 97.0 Å². The molecule has 0 amide bonds. The van der Waals surface area contributed by atoms with Gasteiger partial charge in [-0.1, -0.05) is 178 Å². The zero-order valence-corrected chi connectivity index (χ0v) is 29.9. The Morgan fingerprint density at radius 3 is 1.62 bits per heavy atom. The van der Waals surface area contributed by atoms with Crippen LogP contribution < -0.4 is 0 Å². The van der Waals surface area contributed by atoms with Gasteiger partial charge in [0.1, 0.15) is 0 Å². The second-order valence-corrected chi connectivity index (χ2v) is 15.8. The molecule has 1 aromatic heterocycles. The van der Waals surface area contributed by atoms with E-state index < -0.39 is 0 Å². The van der Waals surface area contributed by atoms with Crippen molar-refractivity contribution in [3.63, 3.8) is 0 Å². The second kappa shape index (κ2) is 11.0. The van der Waals surface area contributed by atoms with Crippen molar-refractivity contribution < 1.29 is 0 Å². The summed E-state index contributed by atoms with van der Waals surface area (Å²) in [6, 6.07) is 63.2. The van der Waals surface area contributed by atoms with Gasteiger partial charge in [0, 0.05) is 31.2 Å². The lowest BCUT2D eigenvalue weighted by molar-refractivity contribution is 0.667. The lowest BCUT2D eigenvalue weighted by Gasteiger charge is -2.23. The number of benzene rings is 9. The minimum absolute atomic E-state index is 0.0670. The Bertz CT molecular complexity index is 3010. The Hall–Kier alpha value is -6.02. The van der Waals surface area contributed by atoms with Crippen LogP contribution in [0.3, 0.4) is 0 Å². The highest BCUT2D eigenvalue weighted by Gasteiger charge is 2.38. The van der Waals surface area contributed by atoms with Gasteiger partial charge in [-0.3, -0.25) is 0 Å². The zero-order valence-electron chi connectivity index (χ0n) is 29.1. The van der Waals surface area contributed by atoms with Crippen LogP contribution in [-0.2, 0) is 5.41 Å². The maximum absolute atomic E-state index is 2.45. The molecule has 0 radical (unpaired) electrons. The molecule has 0 N–H and O–H groups in total. The van der Waals surface area contributed by atoms with E-state index in [1.54, 1.807) is 0 Å². The summed E-state index contributed by atoms with van der Waals surface area (Å²) in [5.74, 6) is 0. The molecule has 0 aliphatic heterocycles. The van der Waals surface area contributed by atoms with Crippen LogP contribution in [0.4, 0.5) is 0 Å².